The molecule has 1 aliphatic carbocycles. The molecule has 2 aromatic rings. The smallest absolute Gasteiger partial charge is 0.276 e. The average molecular weight is 452 g/mol. The first-order chi connectivity index (χ1) is 15.7. The van der Waals surface area contributed by atoms with Crippen LogP contribution in [0.15, 0.2) is 24.3 Å². The second-order valence-corrected chi connectivity index (χ2v) is 9.64. The molecule has 2 aliphatic rings. The molecule has 33 heavy (non-hydrogen) atoms. The number of carbonyl (C=O) groups is 3. The highest BCUT2D eigenvalue weighted by Gasteiger charge is 2.46. The van der Waals surface area contributed by atoms with Crippen molar-refractivity contribution in [3.8, 4) is 0 Å². The maximum Gasteiger partial charge on any atom is 0.276 e. The van der Waals surface area contributed by atoms with Crippen LogP contribution in [0.4, 0.5) is 5.69 Å². The Kier molecular flexibility index (Phi) is 6.28. The van der Waals surface area contributed by atoms with E-state index in [4.69, 9.17) is 0 Å². The first-order valence-corrected chi connectivity index (χ1v) is 11.7. The minimum absolute atomic E-state index is 0.137. The van der Waals surface area contributed by atoms with Gasteiger partial charge in [0.1, 0.15) is 11.2 Å². The summed E-state index contributed by atoms with van der Waals surface area (Å²) < 4.78 is 1.49. The molecule has 8 nitrogen and oxygen atoms in total. The number of benzene rings is 1. The molecule has 1 saturated carbocycles. The normalized spacial score (nSPS) is 21.3. The molecule has 3 amide bonds. The Bertz CT molecular complexity index is 1080. The molecule has 2 heterocycles. The molecule has 0 spiro atoms. The molecular weight excluding hydrogens is 418 g/mol. The molecule has 1 aromatic heterocycles. The lowest BCUT2D eigenvalue weighted by Crippen LogP contribution is -2.63. The Labute approximate surface area is 194 Å². The molecule has 0 saturated heterocycles. The number of likely N-dealkylation sites (N-methyl/N-ethyl adjacent to an activating group) is 1. The van der Waals surface area contributed by atoms with Gasteiger partial charge < -0.3 is 15.5 Å². The fourth-order valence-corrected chi connectivity index (χ4v) is 4.74. The van der Waals surface area contributed by atoms with E-state index in [0.29, 0.717) is 11.4 Å². The molecule has 0 radical (unpaired) electrons. The van der Waals surface area contributed by atoms with Crippen molar-refractivity contribution < 1.29 is 14.4 Å². The van der Waals surface area contributed by atoms with Crippen molar-refractivity contribution in [1.29, 1.82) is 0 Å². The summed E-state index contributed by atoms with van der Waals surface area (Å²) in [7, 11) is 1.64. The van der Waals surface area contributed by atoms with Crippen LogP contribution in [0.3, 0.4) is 0 Å². The Balaban J connectivity index is 1.53. The molecule has 0 bridgehead atoms. The number of aryl methyl sites for hydroxylation is 2. The van der Waals surface area contributed by atoms with Gasteiger partial charge in [-0.2, -0.15) is 5.10 Å². The SMILES string of the molecule is Cc1ccc(NC(=O)c2cc3n(n2)C[C@@](C)(C(=O)NC2CCCCCC2)N(C)C3=O)c(C)c1. The zero-order chi connectivity index (χ0) is 23.8. The lowest BCUT2D eigenvalue weighted by Gasteiger charge is -2.41. The van der Waals surface area contributed by atoms with E-state index >= 15 is 0 Å². The number of rotatable bonds is 4. The van der Waals surface area contributed by atoms with Crippen LogP contribution in [0.1, 0.15) is 77.6 Å². The van der Waals surface area contributed by atoms with E-state index in [-0.39, 0.29) is 36.0 Å². The molecule has 8 heteroatoms. The van der Waals surface area contributed by atoms with Crippen molar-refractivity contribution in [2.75, 3.05) is 12.4 Å². The molecule has 1 fully saturated rings. The molecule has 2 N–H and O–H groups in total. The largest absolute Gasteiger partial charge is 0.351 e. The number of hydrogen-bond donors (Lipinski definition) is 2. The second kappa shape index (κ2) is 9.00. The van der Waals surface area contributed by atoms with Gasteiger partial charge in [-0.15, -0.1) is 0 Å². The zero-order valence-corrected chi connectivity index (χ0v) is 19.9. The molecule has 0 unspecified atom stereocenters. The van der Waals surface area contributed by atoms with Gasteiger partial charge in [0.15, 0.2) is 5.69 Å². The van der Waals surface area contributed by atoms with Crippen LogP contribution in [0.5, 0.6) is 0 Å². The van der Waals surface area contributed by atoms with Crippen LogP contribution >= 0.6 is 0 Å². The predicted molar refractivity (Wildman–Crippen MR) is 126 cm³/mol. The van der Waals surface area contributed by atoms with E-state index in [1.165, 1.54) is 28.5 Å². The van der Waals surface area contributed by atoms with Crippen LogP contribution in [0.2, 0.25) is 0 Å². The summed E-state index contributed by atoms with van der Waals surface area (Å²) in [4.78, 5) is 40.7. The fraction of sp³-hybridized carbons (Fsp3) is 0.520. The zero-order valence-electron chi connectivity index (χ0n) is 19.9. The Morgan fingerprint density at radius 1 is 1.09 bits per heavy atom. The van der Waals surface area contributed by atoms with Crippen LogP contribution in [-0.4, -0.2) is 51.0 Å². The number of anilines is 1. The summed E-state index contributed by atoms with van der Waals surface area (Å²) in [6, 6.07) is 7.41. The molecule has 1 aromatic carbocycles. The van der Waals surface area contributed by atoms with Gasteiger partial charge in [-0.25, -0.2) is 0 Å². The van der Waals surface area contributed by atoms with Crippen LogP contribution in [0.25, 0.3) is 0 Å². The summed E-state index contributed by atoms with van der Waals surface area (Å²) in [5.41, 5.74) is 2.14. The lowest BCUT2D eigenvalue weighted by atomic mass is 9.95. The number of nitrogens with zero attached hydrogens (tertiary/aromatic N) is 3. The lowest BCUT2D eigenvalue weighted by molar-refractivity contribution is -0.133. The number of nitrogens with one attached hydrogen (secondary N) is 2. The van der Waals surface area contributed by atoms with E-state index in [1.807, 2.05) is 32.0 Å². The van der Waals surface area contributed by atoms with Crippen molar-refractivity contribution in [1.82, 2.24) is 20.0 Å². The van der Waals surface area contributed by atoms with E-state index in [9.17, 15) is 14.4 Å². The number of carbonyl (C=O) groups excluding carboxylic acids is 3. The standard InChI is InChI=1S/C25H33N5O3/c1-16-11-12-19(17(2)13-16)27-22(31)20-14-21-23(32)29(4)25(3,15-30(21)28-20)24(33)26-18-9-7-5-6-8-10-18/h11-14,18H,5-10,15H2,1-4H3,(H,26,33)(H,27,31)/t25-/m0/s1. The van der Waals surface area contributed by atoms with Crippen molar-refractivity contribution in [3.63, 3.8) is 0 Å². The Morgan fingerprint density at radius 3 is 2.45 bits per heavy atom. The first-order valence-electron chi connectivity index (χ1n) is 11.7. The Hall–Kier alpha value is -3.16. The number of amides is 3. The van der Waals surface area contributed by atoms with Gasteiger partial charge >= 0.3 is 0 Å². The van der Waals surface area contributed by atoms with Gasteiger partial charge in [0.05, 0.1) is 6.54 Å². The number of aromatic nitrogens is 2. The maximum absolute atomic E-state index is 13.3. The summed E-state index contributed by atoms with van der Waals surface area (Å²) in [5, 5.41) is 10.4. The van der Waals surface area contributed by atoms with Crippen molar-refractivity contribution >= 4 is 23.4 Å². The second-order valence-electron chi connectivity index (χ2n) is 9.64. The highest BCUT2D eigenvalue weighted by molar-refractivity contribution is 6.06. The van der Waals surface area contributed by atoms with Gasteiger partial charge in [0.25, 0.3) is 11.8 Å². The van der Waals surface area contributed by atoms with Gasteiger partial charge in [-0.05, 0) is 45.2 Å². The topological polar surface area (TPSA) is 96.3 Å². The highest BCUT2D eigenvalue weighted by atomic mass is 16.2. The third-order valence-corrected chi connectivity index (χ3v) is 7.04. The van der Waals surface area contributed by atoms with Crippen LogP contribution in [0, 0.1) is 13.8 Å². The van der Waals surface area contributed by atoms with Crippen molar-refractivity contribution in [2.45, 2.75) is 77.4 Å². The molecule has 1 atom stereocenters. The highest BCUT2D eigenvalue weighted by Crippen LogP contribution is 2.27. The minimum Gasteiger partial charge on any atom is -0.351 e. The van der Waals surface area contributed by atoms with Gasteiger partial charge in [-0.1, -0.05) is 43.4 Å². The Morgan fingerprint density at radius 2 is 1.79 bits per heavy atom. The molecule has 176 valence electrons. The predicted octanol–water partition coefficient (Wildman–Crippen LogP) is 3.44. The summed E-state index contributed by atoms with van der Waals surface area (Å²) in [5.74, 6) is -0.880. The summed E-state index contributed by atoms with van der Waals surface area (Å²) in [6.45, 7) is 5.88. The maximum atomic E-state index is 13.3. The third kappa shape index (κ3) is 4.51. The molecule has 4 rings (SSSR count). The van der Waals surface area contributed by atoms with E-state index < -0.39 is 5.54 Å². The summed E-state index contributed by atoms with van der Waals surface area (Å²) in [6.07, 6.45) is 6.55. The van der Waals surface area contributed by atoms with Crippen LogP contribution in [-0.2, 0) is 11.3 Å². The van der Waals surface area contributed by atoms with E-state index in [1.54, 1.807) is 14.0 Å². The monoisotopic (exact) mass is 451 g/mol. The van der Waals surface area contributed by atoms with Gasteiger partial charge in [-0.3, -0.25) is 19.1 Å². The fourth-order valence-electron chi connectivity index (χ4n) is 4.74. The van der Waals surface area contributed by atoms with E-state index in [0.717, 1.165) is 36.8 Å². The number of fused-ring (bicyclic) bond motifs is 1. The quantitative estimate of drug-likeness (QED) is 0.696. The number of hydrogen-bond acceptors (Lipinski definition) is 4. The van der Waals surface area contributed by atoms with Crippen molar-refractivity contribution in [3.05, 3.63) is 46.8 Å². The van der Waals surface area contributed by atoms with E-state index in [2.05, 4.69) is 15.7 Å². The van der Waals surface area contributed by atoms with Crippen LogP contribution < -0.4 is 10.6 Å². The summed E-state index contributed by atoms with van der Waals surface area (Å²) >= 11 is 0. The minimum atomic E-state index is -1.08. The third-order valence-electron chi connectivity index (χ3n) is 7.04. The average Bonchev–Trinajstić information content (AvgIpc) is 3.02. The van der Waals surface area contributed by atoms with Gasteiger partial charge in [0.2, 0.25) is 5.91 Å². The van der Waals surface area contributed by atoms with Gasteiger partial charge in [0, 0.05) is 24.8 Å². The molecule has 1 aliphatic heterocycles. The first kappa shape index (κ1) is 23.0. The van der Waals surface area contributed by atoms with Crippen molar-refractivity contribution in [2.24, 2.45) is 0 Å². The molecular formula is C25H33N5O3.